The summed E-state index contributed by atoms with van der Waals surface area (Å²) in [5.41, 5.74) is 6.15. The van der Waals surface area contributed by atoms with Crippen molar-refractivity contribution in [1.82, 2.24) is 9.47 Å². The van der Waals surface area contributed by atoms with E-state index in [0.717, 1.165) is 25.1 Å². The Bertz CT molecular complexity index is 1060. The van der Waals surface area contributed by atoms with Crippen LogP contribution in [0.15, 0.2) is 42.5 Å². The number of aryl methyl sites for hydroxylation is 1. The van der Waals surface area contributed by atoms with Gasteiger partial charge in [0.25, 0.3) is 0 Å². The summed E-state index contributed by atoms with van der Waals surface area (Å²) in [4.78, 5) is 14.7. The van der Waals surface area contributed by atoms with Gasteiger partial charge in [0.05, 0.1) is 13.0 Å². The Morgan fingerprint density at radius 3 is 2.70 bits per heavy atom. The molecule has 1 aliphatic heterocycles. The van der Waals surface area contributed by atoms with Gasteiger partial charge in [-0.15, -0.1) is 0 Å². The van der Waals surface area contributed by atoms with E-state index in [1.807, 2.05) is 6.92 Å². The standard InChI is InChI=1S/C25H29FN2O2/c1-4-30-25(29)14-19(18-6-8-20(26)9-7-18)15-28-23-10-5-17(2)13-21(23)22-16-27(3)12-11-24(22)28/h5-10,13,19H,4,11-12,14-16H2,1-3H3. The van der Waals surface area contributed by atoms with Crippen molar-refractivity contribution in [3.05, 3.63) is 70.7 Å². The summed E-state index contributed by atoms with van der Waals surface area (Å²) in [5.74, 6) is -0.561. The van der Waals surface area contributed by atoms with Gasteiger partial charge >= 0.3 is 5.97 Å². The highest BCUT2D eigenvalue weighted by Crippen LogP contribution is 2.34. The maximum absolute atomic E-state index is 13.5. The van der Waals surface area contributed by atoms with E-state index in [0.29, 0.717) is 13.2 Å². The highest BCUT2D eigenvalue weighted by Gasteiger charge is 2.25. The summed E-state index contributed by atoms with van der Waals surface area (Å²) in [5, 5.41) is 1.30. The summed E-state index contributed by atoms with van der Waals surface area (Å²) >= 11 is 0. The summed E-state index contributed by atoms with van der Waals surface area (Å²) in [6, 6.07) is 13.1. The van der Waals surface area contributed by atoms with Crippen molar-refractivity contribution in [1.29, 1.82) is 0 Å². The van der Waals surface area contributed by atoms with Crippen LogP contribution in [0.3, 0.4) is 0 Å². The number of likely N-dealkylation sites (N-methyl/N-ethyl adjacent to an activating group) is 1. The zero-order chi connectivity index (χ0) is 21.3. The van der Waals surface area contributed by atoms with Crippen LogP contribution in [0.5, 0.6) is 0 Å². The molecule has 0 N–H and O–H groups in total. The number of aromatic nitrogens is 1. The number of halogens is 1. The van der Waals surface area contributed by atoms with Crippen molar-refractivity contribution >= 4 is 16.9 Å². The van der Waals surface area contributed by atoms with Crippen LogP contribution in [0, 0.1) is 12.7 Å². The van der Waals surface area contributed by atoms with Crippen LogP contribution in [0.25, 0.3) is 10.9 Å². The lowest BCUT2D eigenvalue weighted by molar-refractivity contribution is -0.143. The van der Waals surface area contributed by atoms with Gasteiger partial charge < -0.3 is 14.2 Å². The second-order valence-electron chi connectivity index (χ2n) is 8.30. The predicted octanol–water partition coefficient (Wildman–Crippen LogP) is 4.81. The van der Waals surface area contributed by atoms with Crippen molar-refractivity contribution in [3.8, 4) is 0 Å². The van der Waals surface area contributed by atoms with Gasteiger partial charge in [0, 0.05) is 48.6 Å². The molecule has 1 aliphatic rings. The number of rotatable bonds is 6. The molecule has 0 saturated heterocycles. The molecule has 0 amide bonds. The molecule has 1 aromatic heterocycles. The normalized spacial score (nSPS) is 15.2. The second kappa shape index (κ2) is 8.60. The maximum atomic E-state index is 13.5. The number of hydrogen-bond acceptors (Lipinski definition) is 3. The van der Waals surface area contributed by atoms with Gasteiger partial charge in [-0.05, 0) is 56.3 Å². The van der Waals surface area contributed by atoms with Crippen molar-refractivity contribution in [2.45, 2.75) is 45.7 Å². The van der Waals surface area contributed by atoms with Crippen molar-refractivity contribution < 1.29 is 13.9 Å². The van der Waals surface area contributed by atoms with Crippen molar-refractivity contribution in [2.24, 2.45) is 0 Å². The van der Waals surface area contributed by atoms with Crippen LogP contribution >= 0.6 is 0 Å². The van der Waals surface area contributed by atoms with Crippen LogP contribution in [-0.2, 0) is 29.0 Å². The lowest BCUT2D eigenvalue weighted by atomic mass is 9.95. The Morgan fingerprint density at radius 1 is 1.20 bits per heavy atom. The lowest BCUT2D eigenvalue weighted by Crippen LogP contribution is -2.28. The first-order valence-electron chi connectivity index (χ1n) is 10.7. The first kappa shape index (κ1) is 20.6. The van der Waals surface area contributed by atoms with Gasteiger partial charge in [-0.2, -0.15) is 0 Å². The lowest BCUT2D eigenvalue weighted by Gasteiger charge is -2.26. The summed E-state index contributed by atoms with van der Waals surface area (Å²) in [7, 11) is 2.16. The van der Waals surface area contributed by atoms with Crippen LogP contribution in [-0.4, -0.2) is 35.6 Å². The average molecular weight is 409 g/mol. The Morgan fingerprint density at radius 2 is 1.97 bits per heavy atom. The minimum absolute atomic E-state index is 0.0784. The largest absolute Gasteiger partial charge is 0.466 e. The number of ether oxygens (including phenoxy) is 1. The van der Waals surface area contributed by atoms with Gasteiger partial charge in [0.1, 0.15) is 5.82 Å². The average Bonchev–Trinajstić information content (AvgIpc) is 3.00. The predicted molar refractivity (Wildman–Crippen MR) is 117 cm³/mol. The fraction of sp³-hybridized carbons (Fsp3) is 0.400. The van der Waals surface area contributed by atoms with Crippen LogP contribution in [0.4, 0.5) is 4.39 Å². The first-order valence-corrected chi connectivity index (χ1v) is 10.7. The quantitative estimate of drug-likeness (QED) is 0.549. The number of nitrogens with zero attached hydrogens (tertiary/aromatic N) is 2. The molecular weight excluding hydrogens is 379 g/mol. The number of hydrogen-bond donors (Lipinski definition) is 0. The maximum Gasteiger partial charge on any atom is 0.306 e. The molecule has 0 radical (unpaired) electrons. The van der Waals surface area contributed by atoms with E-state index in [1.165, 1.54) is 39.9 Å². The van der Waals surface area contributed by atoms with Gasteiger partial charge in [-0.25, -0.2) is 4.39 Å². The highest BCUT2D eigenvalue weighted by molar-refractivity contribution is 5.86. The molecule has 1 atom stereocenters. The molecule has 0 saturated carbocycles. The summed E-state index contributed by atoms with van der Waals surface area (Å²) < 4.78 is 21.1. The number of esters is 1. The van der Waals surface area contributed by atoms with E-state index in [4.69, 9.17) is 4.74 Å². The molecule has 0 fully saturated rings. The molecule has 2 heterocycles. The molecule has 30 heavy (non-hydrogen) atoms. The summed E-state index contributed by atoms with van der Waals surface area (Å²) in [6.45, 7) is 6.92. The minimum atomic E-state index is -0.268. The van der Waals surface area contributed by atoms with E-state index in [2.05, 4.69) is 41.6 Å². The third-order valence-corrected chi connectivity index (χ3v) is 6.06. The van der Waals surface area contributed by atoms with E-state index >= 15 is 0 Å². The highest BCUT2D eigenvalue weighted by atomic mass is 19.1. The Labute approximate surface area is 177 Å². The van der Waals surface area contributed by atoms with Crippen LogP contribution < -0.4 is 0 Å². The van der Waals surface area contributed by atoms with Crippen LogP contribution in [0.2, 0.25) is 0 Å². The van der Waals surface area contributed by atoms with Gasteiger partial charge in [-0.1, -0.05) is 23.8 Å². The van der Waals surface area contributed by atoms with E-state index in [-0.39, 0.29) is 24.1 Å². The van der Waals surface area contributed by atoms with E-state index in [1.54, 1.807) is 12.1 Å². The zero-order valence-electron chi connectivity index (χ0n) is 18.0. The Balaban J connectivity index is 1.77. The van der Waals surface area contributed by atoms with Gasteiger partial charge in [0.2, 0.25) is 0 Å². The fourth-order valence-electron chi connectivity index (χ4n) is 4.57. The first-order chi connectivity index (χ1) is 14.5. The third-order valence-electron chi connectivity index (χ3n) is 6.06. The SMILES string of the molecule is CCOC(=O)CC(Cn1c2c(c3cc(C)ccc31)CN(C)CC2)c1ccc(F)cc1. The Hall–Kier alpha value is -2.66. The fourth-order valence-corrected chi connectivity index (χ4v) is 4.57. The Kier molecular flexibility index (Phi) is 5.91. The topological polar surface area (TPSA) is 34.5 Å². The van der Waals surface area contributed by atoms with E-state index < -0.39 is 0 Å². The molecule has 3 aromatic rings. The summed E-state index contributed by atoms with van der Waals surface area (Å²) in [6.07, 6.45) is 1.26. The van der Waals surface area contributed by atoms with E-state index in [9.17, 15) is 9.18 Å². The van der Waals surface area contributed by atoms with Gasteiger partial charge in [0.15, 0.2) is 0 Å². The molecule has 2 aromatic carbocycles. The molecule has 158 valence electrons. The number of carbonyl (C=O) groups is 1. The molecule has 0 aliphatic carbocycles. The molecule has 4 nitrogen and oxygen atoms in total. The number of carbonyl (C=O) groups excluding carboxylic acids is 1. The minimum Gasteiger partial charge on any atom is -0.466 e. The monoisotopic (exact) mass is 408 g/mol. The molecule has 0 bridgehead atoms. The smallest absolute Gasteiger partial charge is 0.306 e. The zero-order valence-corrected chi connectivity index (χ0v) is 18.0. The second-order valence-corrected chi connectivity index (χ2v) is 8.30. The van der Waals surface area contributed by atoms with Crippen molar-refractivity contribution in [2.75, 3.05) is 20.2 Å². The van der Waals surface area contributed by atoms with Crippen LogP contribution in [0.1, 0.15) is 41.6 Å². The molecule has 5 heteroatoms. The number of benzene rings is 2. The molecule has 1 unspecified atom stereocenters. The van der Waals surface area contributed by atoms with Crippen molar-refractivity contribution in [3.63, 3.8) is 0 Å². The molecule has 0 spiro atoms. The molecule has 4 rings (SSSR count). The molecular formula is C25H29FN2O2. The third kappa shape index (κ3) is 4.12. The van der Waals surface area contributed by atoms with Gasteiger partial charge in [-0.3, -0.25) is 4.79 Å². The number of fused-ring (bicyclic) bond motifs is 3.